The van der Waals surface area contributed by atoms with Crippen LogP contribution in [0.4, 0.5) is 0 Å². The van der Waals surface area contributed by atoms with Crippen LogP contribution in [0.25, 0.3) is 0 Å². The minimum atomic E-state index is -1.39. The maximum absolute atomic E-state index is 12.2. The zero-order valence-electron chi connectivity index (χ0n) is 13.6. The lowest BCUT2D eigenvalue weighted by Crippen LogP contribution is -2.52. The SMILES string of the molecule is COC(=O)C(C(=O)OC)[C@H](C)[C@@H](NC(=O)c1ccccc1)C(N)=O. The van der Waals surface area contributed by atoms with Crippen molar-refractivity contribution in [3.8, 4) is 0 Å². The minimum Gasteiger partial charge on any atom is -0.468 e. The Morgan fingerprint density at radius 3 is 1.92 bits per heavy atom. The van der Waals surface area contributed by atoms with Crippen LogP contribution in [0.5, 0.6) is 0 Å². The number of carbonyl (C=O) groups is 4. The predicted octanol–water partition coefficient (Wildman–Crippen LogP) is -0.131. The number of carbonyl (C=O) groups excluding carboxylic acids is 4. The van der Waals surface area contributed by atoms with Crippen molar-refractivity contribution in [1.29, 1.82) is 0 Å². The standard InChI is InChI=1S/C16H20N2O6/c1-9(11(15(21)23-2)16(22)24-3)12(13(17)19)18-14(20)10-7-5-4-6-8-10/h4-9,11-12H,1-3H3,(H2,17,19)(H,18,20)/t9-,12+/m0/s1. The van der Waals surface area contributed by atoms with E-state index in [0.29, 0.717) is 5.56 Å². The van der Waals surface area contributed by atoms with Crippen molar-refractivity contribution in [3.63, 3.8) is 0 Å². The molecule has 0 saturated carbocycles. The molecule has 0 unspecified atom stereocenters. The van der Waals surface area contributed by atoms with E-state index in [1.807, 2.05) is 0 Å². The van der Waals surface area contributed by atoms with Crippen molar-refractivity contribution in [1.82, 2.24) is 5.32 Å². The summed E-state index contributed by atoms with van der Waals surface area (Å²) in [6, 6.07) is 6.88. The Kier molecular flexibility index (Phi) is 6.91. The highest BCUT2D eigenvalue weighted by Crippen LogP contribution is 2.20. The van der Waals surface area contributed by atoms with Gasteiger partial charge >= 0.3 is 11.9 Å². The average Bonchev–Trinajstić information content (AvgIpc) is 2.59. The van der Waals surface area contributed by atoms with Gasteiger partial charge in [-0.3, -0.25) is 19.2 Å². The van der Waals surface area contributed by atoms with Crippen molar-refractivity contribution in [3.05, 3.63) is 35.9 Å². The van der Waals surface area contributed by atoms with Crippen LogP contribution < -0.4 is 11.1 Å². The third-order valence-corrected chi connectivity index (χ3v) is 3.59. The van der Waals surface area contributed by atoms with E-state index in [1.165, 1.54) is 6.92 Å². The highest BCUT2D eigenvalue weighted by molar-refractivity contribution is 5.99. The Bertz CT molecular complexity index is 600. The van der Waals surface area contributed by atoms with Crippen LogP contribution in [0.3, 0.4) is 0 Å². The number of nitrogens with two attached hydrogens (primary N) is 1. The predicted molar refractivity (Wildman–Crippen MR) is 83.6 cm³/mol. The van der Waals surface area contributed by atoms with Gasteiger partial charge in [-0.2, -0.15) is 0 Å². The fourth-order valence-electron chi connectivity index (χ4n) is 2.25. The Morgan fingerprint density at radius 1 is 1.00 bits per heavy atom. The Balaban J connectivity index is 3.04. The number of ether oxygens (including phenoxy) is 2. The van der Waals surface area contributed by atoms with Crippen LogP contribution in [0.1, 0.15) is 17.3 Å². The molecule has 1 aromatic rings. The zero-order chi connectivity index (χ0) is 18.3. The van der Waals surface area contributed by atoms with E-state index < -0.39 is 41.6 Å². The smallest absolute Gasteiger partial charge is 0.320 e. The van der Waals surface area contributed by atoms with Gasteiger partial charge in [0.05, 0.1) is 14.2 Å². The molecular weight excluding hydrogens is 316 g/mol. The molecule has 2 atom stereocenters. The highest BCUT2D eigenvalue weighted by atomic mass is 16.5. The fraction of sp³-hybridized carbons (Fsp3) is 0.375. The summed E-state index contributed by atoms with van der Waals surface area (Å²) in [5.41, 5.74) is 5.64. The molecule has 0 heterocycles. The summed E-state index contributed by atoms with van der Waals surface area (Å²) < 4.78 is 9.14. The normalized spacial score (nSPS) is 12.8. The topological polar surface area (TPSA) is 125 Å². The van der Waals surface area contributed by atoms with Crippen LogP contribution >= 0.6 is 0 Å². The van der Waals surface area contributed by atoms with Gasteiger partial charge in [-0.1, -0.05) is 25.1 Å². The first-order chi connectivity index (χ1) is 11.3. The van der Waals surface area contributed by atoms with E-state index in [9.17, 15) is 19.2 Å². The number of benzene rings is 1. The number of hydrogen-bond acceptors (Lipinski definition) is 6. The maximum atomic E-state index is 12.2. The first kappa shape index (κ1) is 19.1. The molecule has 8 nitrogen and oxygen atoms in total. The third kappa shape index (κ3) is 4.55. The molecule has 0 bridgehead atoms. The van der Waals surface area contributed by atoms with Crippen molar-refractivity contribution in [2.24, 2.45) is 17.6 Å². The molecule has 0 saturated heterocycles. The molecule has 0 aliphatic carbocycles. The molecule has 3 N–H and O–H groups in total. The highest BCUT2D eigenvalue weighted by Gasteiger charge is 2.41. The molecule has 1 aromatic carbocycles. The molecule has 0 radical (unpaired) electrons. The van der Waals surface area contributed by atoms with Gasteiger partial charge in [0.25, 0.3) is 5.91 Å². The molecule has 8 heteroatoms. The zero-order valence-corrected chi connectivity index (χ0v) is 13.6. The average molecular weight is 336 g/mol. The first-order valence-corrected chi connectivity index (χ1v) is 7.14. The molecule has 24 heavy (non-hydrogen) atoms. The third-order valence-electron chi connectivity index (χ3n) is 3.59. The number of primary amides is 1. The van der Waals surface area contributed by atoms with Crippen LogP contribution in [0.2, 0.25) is 0 Å². The Morgan fingerprint density at radius 2 is 1.50 bits per heavy atom. The first-order valence-electron chi connectivity index (χ1n) is 7.14. The summed E-state index contributed by atoms with van der Waals surface area (Å²) in [5, 5.41) is 2.44. The number of amides is 2. The lowest BCUT2D eigenvalue weighted by atomic mass is 9.86. The van der Waals surface area contributed by atoms with Crippen molar-refractivity contribution in [2.45, 2.75) is 13.0 Å². The summed E-state index contributed by atoms with van der Waals surface area (Å²) in [5.74, 6) is -5.56. The second kappa shape index (κ2) is 8.66. The van der Waals surface area contributed by atoms with Crippen LogP contribution in [0.15, 0.2) is 30.3 Å². The van der Waals surface area contributed by atoms with Gasteiger partial charge < -0.3 is 20.5 Å². The molecular formula is C16H20N2O6. The second-order valence-electron chi connectivity index (χ2n) is 5.10. The van der Waals surface area contributed by atoms with Crippen molar-refractivity contribution in [2.75, 3.05) is 14.2 Å². The molecule has 130 valence electrons. The Hall–Kier alpha value is -2.90. The van der Waals surface area contributed by atoms with E-state index >= 15 is 0 Å². The number of esters is 2. The van der Waals surface area contributed by atoms with Gasteiger partial charge in [0.1, 0.15) is 6.04 Å². The van der Waals surface area contributed by atoms with E-state index in [0.717, 1.165) is 14.2 Å². The van der Waals surface area contributed by atoms with E-state index in [1.54, 1.807) is 30.3 Å². The van der Waals surface area contributed by atoms with Gasteiger partial charge in [0.15, 0.2) is 5.92 Å². The lowest BCUT2D eigenvalue weighted by molar-refractivity contribution is -0.161. The molecule has 0 spiro atoms. The molecule has 0 aliphatic rings. The molecule has 0 fully saturated rings. The number of nitrogens with one attached hydrogen (secondary N) is 1. The summed E-state index contributed by atoms with van der Waals surface area (Å²) in [4.78, 5) is 47.6. The fourth-order valence-corrected chi connectivity index (χ4v) is 2.25. The molecule has 0 aliphatic heterocycles. The van der Waals surface area contributed by atoms with Gasteiger partial charge in [-0.25, -0.2) is 0 Å². The molecule has 0 aromatic heterocycles. The number of hydrogen-bond donors (Lipinski definition) is 2. The minimum absolute atomic E-state index is 0.309. The van der Waals surface area contributed by atoms with Crippen LogP contribution in [0, 0.1) is 11.8 Å². The summed E-state index contributed by atoms with van der Waals surface area (Å²) in [6.45, 7) is 1.43. The van der Waals surface area contributed by atoms with E-state index in [4.69, 9.17) is 5.73 Å². The largest absolute Gasteiger partial charge is 0.468 e. The van der Waals surface area contributed by atoms with Gasteiger partial charge in [-0.05, 0) is 12.1 Å². The quantitative estimate of drug-likeness (QED) is 0.528. The van der Waals surface area contributed by atoms with E-state index in [-0.39, 0.29) is 0 Å². The maximum Gasteiger partial charge on any atom is 0.320 e. The monoisotopic (exact) mass is 336 g/mol. The van der Waals surface area contributed by atoms with Gasteiger partial charge in [0, 0.05) is 11.5 Å². The summed E-state index contributed by atoms with van der Waals surface area (Å²) >= 11 is 0. The van der Waals surface area contributed by atoms with Crippen molar-refractivity contribution >= 4 is 23.8 Å². The number of rotatable bonds is 7. The van der Waals surface area contributed by atoms with Gasteiger partial charge in [-0.15, -0.1) is 0 Å². The van der Waals surface area contributed by atoms with Crippen LogP contribution in [-0.4, -0.2) is 44.0 Å². The lowest BCUT2D eigenvalue weighted by Gasteiger charge is -2.26. The second-order valence-corrected chi connectivity index (χ2v) is 5.10. The van der Waals surface area contributed by atoms with Crippen molar-refractivity contribution < 1.29 is 28.7 Å². The summed E-state index contributed by atoms with van der Waals surface area (Å²) in [7, 11) is 2.21. The Labute approximate surface area is 139 Å². The van der Waals surface area contributed by atoms with E-state index in [2.05, 4.69) is 14.8 Å². The van der Waals surface area contributed by atoms with Gasteiger partial charge in [0.2, 0.25) is 5.91 Å². The molecule has 1 rings (SSSR count). The summed E-state index contributed by atoms with van der Waals surface area (Å²) in [6.07, 6.45) is 0. The van der Waals surface area contributed by atoms with Crippen LogP contribution in [-0.2, 0) is 23.9 Å². The molecule has 2 amide bonds. The number of methoxy groups -OCH3 is 2.